The molecule has 0 aliphatic rings. The van der Waals surface area contributed by atoms with Gasteiger partial charge < -0.3 is 9.15 Å². The lowest BCUT2D eigenvalue weighted by Gasteiger charge is -2.04. The molecule has 0 atom stereocenters. The van der Waals surface area contributed by atoms with Crippen LogP contribution in [0.2, 0.25) is 0 Å². The van der Waals surface area contributed by atoms with E-state index in [1.807, 2.05) is 78.9 Å². The maximum Gasteiger partial charge on any atom is 0.277 e. The molecule has 0 amide bonds. The summed E-state index contributed by atoms with van der Waals surface area (Å²) in [5, 5.41) is 10.5. The zero-order valence-corrected chi connectivity index (χ0v) is 16.7. The van der Waals surface area contributed by atoms with Gasteiger partial charge in [-0.25, -0.2) is 0 Å². The molecule has 0 spiro atoms. The van der Waals surface area contributed by atoms with Crippen molar-refractivity contribution in [2.45, 2.75) is 11.8 Å². The molecule has 0 aliphatic carbocycles. The predicted molar refractivity (Wildman–Crippen MR) is 116 cm³/mol. The van der Waals surface area contributed by atoms with E-state index in [0.29, 0.717) is 11.1 Å². The van der Waals surface area contributed by atoms with Gasteiger partial charge in [0.05, 0.1) is 16.8 Å². The molecule has 5 rings (SSSR count). The molecule has 7 heteroatoms. The van der Waals surface area contributed by atoms with Crippen LogP contribution in [0.3, 0.4) is 0 Å². The molecule has 6 nitrogen and oxygen atoms in total. The number of nitrogens with zero attached hydrogens (tertiary/aromatic N) is 3. The van der Waals surface area contributed by atoms with Gasteiger partial charge in [0.2, 0.25) is 5.91 Å². The van der Waals surface area contributed by atoms with Crippen LogP contribution in [-0.4, -0.2) is 26.4 Å². The van der Waals surface area contributed by atoms with Gasteiger partial charge in [0.25, 0.3) is 11.1 Å². The fourth-order valence-electron chi connectivity index (χ4n) is 3.40. The smallest absolute Gasteiger partial charge is 0.277 e. The number of benzene rings is 3. The van der Waals surface area contributed by atoms with Crippen LogP contribution in [0.15, 0.2) is 88.5 Å². The molecule has 148 valence electrons. The van der Waals surface area contributed by atoms with Crippen LogP contribution in [0.1, 0.15) is 10.7 Å². The first kappa shape index (κ1) is 18.4. The molecule has 0 aliphatic heterocycles. The van der Waals surface area contributed by atoms with Gasteiger partial charge in [0, 0.05) is 10.8 Å². The fraction of sp³-hybridized carbons (Fsp3) is 0.0870. The number of ether oxygens (including phenoxy) is 1. The maximum atomic E-state index is 13.1. The summed E-state index contributed by atoms with van der Waals surface area (Å²) in [4.78, 5) is 13.1. The summed E-state index contributed by atoms with van der Waals surface area (Å²) < 4.78 is 13.0. The molecule has 0 saturated heterocycles. The van der Waals surface area contributed by atoms with Gasteiger partial charge in [-0.1, -0.05) is 66.4 Å². The number of aromatic nitrogens is 3. The zero-order valence-electron chi connectivity index (χ0n) is 15.9. The van der Waals surface area contributed by atoms with Crippen molar-refractivity contribution in [3.8, 4) is 5.75 Å². The Bertz CT molecular complexity index is 1270. The number of para-hydroxylation sites is 3. The van der Waals surface area contributed by atoms with Crippen molar-refractivity contribution in [3.05, 3.63) is 84.8 Å². The molecule has 2 aromatic heterocycles. The average molecular weight is 415 g/mol. The first-order valence-electron chi connectivity index (χ1n) is 9.44. The Morgan fingerprint density at radius 1 is 0.867 bits per heavy atom. The second-order valence-electron chi connectivity index (χ2n) is 6.62. The minimum absolute atomic E-state index is 0.0438. The monoisotopic (exact) mass is 415 g/mol. The van der Waals surface area contributed by atoms with E-state index < -0.39 is 0 Å². The van der Waals surface area contributed by atoms with E-state index in [1.165, 1.54) is 11.8 Å². The van der Waals surface area contributed by atoms with Gasteiger partial charge in [-0.05, 0) is 24.3 Å². The van der Waals surface area contributed by atoms with E-state index in [1.54, 1.807) is 4.57 Å². The van der Waals surface area contributed by atoms with Crippen LogP contribution in [0.4, 0.5) is 0 Å². The highest BCUT2D eigenvalue weighted by Gasteiger charge is 2.17. The molecule has 2 heterocycles. The summed E-state index contributed by atoms with van der Waals surface area (Å²) >= 11 is 1.22. The molecule has 0 unspecified atom stereocenters. The van der Waals surface area contributed by atoms with Crippen molar-refractivity contribution in [1.82, 2.24) is 14.8 Å². The number of carbonyl (C=O) groups excluding carboxylic acids is 1. The van der Waals surface area contributed by atoms with Crippen LogP contribution in [0.25, 0.3) is 21.8 Å². The van der Waals surface area contributed by atoms with E-state index in [2.05, 4.69) is 10.2 Å². The van der Waals surface area contributed by atoms with Crippen molar-refractivity contribution in [2.75, 3.05) is 5.75 Å². The molecule has 0 radical (unpaired) electrons. The normalized spacial score (nSPS) is 11.2. The Morgan fingerprint density at radius 3 is 2.20 bits per heavy atom. The van der Waals surface area contributed by atoms with Crippen LogP contribution >= 0.6 is 11.8 Å². The van der Waals surface area contributed by atoms with Gasteiger partial charge in [-0.15, -0.1) is 10.2 Å². The molecule has 0 N–H and O–H groups in total. The molecular formula is C23H17N3O3S. The van der Waals surface area contributed by atoms with Crippen molar-refractivity contribution in [3.63, 3.8) is 0 Å². The number of hydrogen-bond donors (Lipinski definition) is 0. The SMILES string of the molecule is O=C(CSc1nnc(COc2ccccc2)o1)n1c2ccccc2c2ccccc21. The summed E-state index contributed by atoms with van der Waals surface area (Å²) in [7, 11) is 0. The molecule has 0 fully saturated rings. The topological polar surface area (TPSA) is 70.2 Å². The molecule has 3 aromatic carbocycles. The minimum atomic E-state index is -0.0438. The Hall–Kier alpha value is -3.58. The predicted octanol–water partition coefficient (Wildman–Crippen LogP) is 5.19. The number of fused-ring (bicyclic) bond motifs is 3. The highest BCUT2D eigenvalue weighted by atomic mass is 32.2. The van der Waals surface area contributed by atoms with E-state index in [9.17, 15) is 4.79 Å². The van der Waals surface area contributed by atoms with E-state index in [0.717, 1.165) is 27.6 Å². The van der Waals surface area contributed by atoms with Crippen LogP contribution < -0.4 is 4.74 Å². The van der Waals surface area contributed by atoms with Gasteiger partial charge in [-0.3, -0.25) is 9.36 Å². The summed E-state index contributed by atoms with van der Waals surface area (Å²) in [6.45, 7) is 0.179. The molecule has 5 aromatic rings. The van der Waals surface area contributed by atoms with Crippen molar-refractivity contribution in [2.24, 2.45) is 0 Å². The molecule has 0 bridgehead atoms. The second-order valence-corrected chi connectivity index (χ2v) is 7.54. The highest BCUT2D eigenvalue weighted by Crippen LogP contribution is 2.29. The number of thioether (sulfide) groups is 1. The Morgan fingerprint density at radius 2 is 1.50 bits per heavy atom. The van der Waals surface area contributed by atoms with Gasteiger partial charge >= 0.3 is 0 Å². The van der Waals surface area contributed by atoms with Crippen LogP contribution in [0, 0.1) is 0 Å². The number of carbonyl (C=O) groups is 1. The van der Waals surface area contributed by atoms with Gasteiger partial charge in [0.1, 0.15) is 5.75 Å². The third kappa shape index (κ3) is 3.55. The molecule has 0 saturated carbocycles. The van der Waals surface area contributed by atoms with Crippen molar-refractivity contribution in [1.29, 1.82) is 0 Å². The summed E-state index contributed by atoms with van der Waals surface area (Å²) in [5.74, 6) is 1.24. The second kappa shape index (κ2) is 8.04. The lowest BCUT2D eigenvalue weighted by Crippen LogP contribution is -2.12. The lowest BCUT2D eigenvalue weighted by atomic mass is 10.2. The maximum absolute atomic E-state index is 13.1. The van der Waals surface area contributed by atoms with E-state index in [4.69, 9.17) is 9.15 Å². The Kier molecular flexibility index (Phi) is 4.94. The van der Waals surface area contributed by atoms with E-state index in [-0.39, 0.29) is 18.3 Å². The summed E-state index contributed by atoms with van der Waals surface area (Å²) in [5.41, 5.74) is 1.79. The summed E-state index contributed by atoms with van der Waals surface area (Å²) in [6, 6.07) is 25.3. The zero-order chi connectivity index (χ0) is 20.3. The molecule has 30 heavy (non-hydrogen) atoms. The summed E-state index contributed by atoms with van der Waals surface area (Å²) in [6.07, 6.45) is 0. The van der Waals surface area contributed by atoms with Gasteiger partial charge in [0.15, 0.2) is 6.61 Å². The number of rotatable bonds is 6. The largest absolute Gasteiger partial charge is 0.484 e. The highest BCUT2D eigenvalue weighted by molar-refractivity contribution is 7.99. The first-order valence-corrected chi connectivity index (χ1v) is 10.4. The quantitative estimate of drug-likeness (QED) is 0.356. The first-order chi connectivity index (χ1) is 14.8. The third-order valence-electron chi connectivity index (χ3n) is 4.70. The average Bonchev–Trinajstić information content (AvgIpc) is 3.39. The van der Waals surface area contributed by atoms with Crippen molar-refractivity contribution >= 4 is 39.5 Å². The standard InChI is InChI=1S/C23H17N3O3S/c27-22(26-19-12-6-4-10-17(19)18-11-5-7-13-20(18)26)15-30-23-25-24-21(29-23)14-28-16-8-2-1-3-9-16/h1-13H,14-15H2. The minimum Gasteiger partial charge on any atom is -0.484 e. The van der Waals surface area contributed by atoms with Crippen LogP contribution in [-0.2, 0) is 6.61 Å². The van der Waals surface area contributed by atoms with Crippen molar-refractivity contribution < 1.29 is 13.9 Å². The Labute approximate surface area is 176 Å². The van der Waals surface area contributed by atoms with E-state index >= 15 is 0 Å². The third-order valence-corrected chi connectivity index (χ3v) is 5.51. The molecular weight excluding hydrogens is 398 g/mol. The van der Waals surface area contributed by atoms with Crippen LogP contribution in [0.5, 0.6) is 5.75 Å². The number of hydrogen-bond acceptors (Lipinski definition) is 6. The Balaban J connectivity index is 1.30. The lowest BCUT2D eigenvalue weighted by molar-refractivity contribution is 0.0951. The van der Waals surface area contributed by atoms with Gasteiger partial charge in [-0.2, -0.15) is 0 Å². The fourth-order valence-corrected chi connectivity index (χ4v) is 4.03.